The zero-order chi connectivity index (χ0) is 12.6. The van der Waals surface area contributed by atoms with Crippen molar-refractivity contribution in [2.24, 2.45) is 0 Å². The van der Waals surface area contributed by atoms with Gasteiger partial charge in [0.2, 0.25) is 5.91 Å². The van der Waals surface area contributed by atoms with Crippen LogP contribution in [0.3, 0.4) is 0 Å². The highest BCUT2D eigenvalue weighted by Crippen LogP contribution is 2.30. The maximum Gasteiger partial charge on any atom is 0.245 e. The maximum absolute atomic E-state index is 11.3. The fourth-order valence-corrected chi connectivity index (χ4v) is 1.88. The Bertz CT molecular complexity index is 572. The Labute approximate surface area is 104 Å². The van der Waals surface area contributed by atoms with Gasteiger partial charge in [-0.05, 0) is 24.6 Å². The Morgan fingerprint density at radius 2 is 1.94 bits per heavy atom. The van der Waals surface area contributed by atoms with Crippen LogP contribution in [-0.4, -0.2) is 15.7 Å². The minimum absolute atomic E-state index is 0.203. The molecule has 2 rings (SSSR count). The summed E-state index contributed by atoms with van der Waals surface area (Å²) in [7, 11) is 0. The molecule has 0 aliphatic rings. The second kappa shape index (κ2) is 4.22. The molecule has 1 aromatic carbocycles. The molecule has 88 valence electrons. The molecule has 1 aromatic heterocycles. The predicted octanol–water partition coefficient (Wildman–Crippen LogP) is 2.75. The first-order valence-electron chi connectivity index (χ1n) is 5.12. The lowest BCUT2D eigenvalue weighted by Crippen LogP contribution is -2.11. The molecule has 0 bridgehead atoms. The highest BCUT2D eigenvalue weighted by atomic mass is 35.5. The molecule has 0 fully saturated rings. The van der Waals surface area contributed by atoms with Gasteiger partial charge in [-0.1, -0.05) is 23.7 Å². The molecule has 0 atom stereocenters. The van der Waals surface area contributed by atoms with Crippen molar-refractivity contribution in [1.29, 1.82) is 0 Å². The van der Waals surface area contributed by atoms with E-state index in [1.165, 1.54) is 11.6 Å². The number of nitrogens with two attached hydrogens (primary N) is 1. The van der Waals surface area contributed by atoms with Crippen molar-refractivity contribution >= 4 is 23.3 Å². The quantitative estimate of drug-likeness (QED) is 0.845. The van der Waals surface area contributed by atoms with Gasteiger partial charge in [-0.15, -0.1) is 0 Å². The van der Waals surface area contributed by atoms with Gasteiger partial charge in [0, 0.05) is 17.5 Å². The van der Waals surface area contributed by atoms with Gasteiger partial charge in [0.25, 0.3) is 0 Å². The van der Waals surface area contributed by atoms with Crippen molar-refractivity contribution < 1.29 is 4.79 Å². The molecule has 2 N–H and O–H groups in total. The van der Waals surface area contributed by atoms with Gasteiger partial charge >= 0.3 is 0 Å². The van der Waals surface area contributed by atoms with Crippen molar-refractivity contribution in [3.63, 3.8) is 0 Å². The molecule has 0 aliphatic heterocycles. The third-order valence-corrected chi connectivity index (χ3v) is 2.78. The summed E-state index contributed by atoms with van der Waals surface area (Å²) < 4.78 is 1.21. The number of anilines is 1. The summed E-state index contributed by atoms with van der Waals surface area (Å²) in [4.78, 5) is 11.3. The van der Waals surface area contributed by atoms with Crippen LogP contribution in [0.2, 0.25) is 5.02 Å². The van der Waals surface area contributed by atoms with Crippen LogP contribution in [0, 0.1) is 6.92 Å². The average molecular weight is 250 g/mol. The molecule has 5 heteroatoms. The summed E-state index contributed by atoms with van der Waals surface area (Å²) in [5, 5.41) is 4.77. The molecule has 0 unspecified atom stereocenters. The molecule has 2 aromatic rings. The highest BCUT2D eigenvalue weighted by Gasteiger charge is 2.16. The zero-order valence-electron chi connectivity index (χ0n) is 9.57. The number of hydrogen-bond acceptors (Lipinski definition) is 3. The maximum atomic E-state index is 11.3. The number of carbonyl (C=O) groups excluding carboxylic acids is 1. The normalized spacial score (nSPS) is 10.5. The Balaban J connectivity index is 2.59. The number of aromatic nitrogens is 2. The standard InChI is InChI=1S/C12H12ClN3O/c1-7-11(9-3-5-10(13)6-4-9)12(14)16(15-7)8(2)17/h3-6H,14H2,1-2H3. The highest BCUT2D eigenvalue weighted by molar-refractivity contribution is 6.30. The van der Waals surface area contributed by atoms with Gasteiger partial charge in [0.15, 0.2) is 0 Å². The molecular weight excluding hydrogens is 238 g/mol. The number of hydrogen-bond donors (Lipinski definition) is 1. The van der Waals surface area contributed by atoms with E-state index in [0.717, 1.165) is 16.8 Å². The van der Waals surface area contributed by atoms with E-state index in [2.05, 4.69) is 5.10 Å². The van der Waals surface area contributed by atoms with Crippen LogP contribution in [-0.2, 0) is 0 Å². The molecule has 0 saturated carbocycles. The van der Waals surface area contributed by atoms with E-state index in [1.807, 2.05) is 19.1 Å². The van der Waals surface area contributed by atoms with Crippen LogP contribution in [0.25, 0.3) is 11.1 Å². The van der Waals surface area contributed by atoms with E-state index >= 15 is 0 Å². The zero-order valence-corrected chi connectivity index (χ0v) is 10.3. The van der Waals surface area contributed by atoms with Gasteiger partial charge in [-0.25, -0.2) is 0 Å². The van der Waals surface area contributed by atoms with E-state index in [0.29, 0.717) is 10.8 Å². The predicted molar refractivity (Wildman–Crippen MR) is 68.1 cm³/mol. The topological polar surface area (TPSA) is 60.9 Å². The third kappa shape index (κ3) is 2.03. The summed E-state index contributed by atoms with van der Waals surface area (Å²) in [6, 6.07) is 7.27. The monoisotopic (exact) mass is 249 g/mol. The van der Waals surface area contributed by atoms with E-state index < -0.39 is 0 Å². The molecular formula is C12H12ClN3O. The van der Waals surface area contributed by atoms with Crippen molar-refractivity contribution in [1.82, 2.24) is 9.78 Å². The molecule has 0 saturated heterocycles. The van der Waals surface area contributed by atoms with Crippen molar-refractivity contribution in [2.45, 2.75) is 13.8 Å². The van der Waals surface area contributed by atoms with Crippen molar-refractivity contribution in [2.75, 3.05) is 5.73 Å². The lowest BCUT2D eigenvalue weighted by Gasteiger charge is -2.02. The molecule has 17 heavy (non-hydrogen) atoms. The molecule has 0 spiro atoms. The summed E-state index contributed by atoms with van der Waals surface area (Å²) in [6.45, 7) is 3.24. The Hall–Kier alpha value is -1.81. The summed E-state index contributed by atoms with van der Waals surface area (Å²) in [5.41, 5.74) is 8.32. The number of benzene rings is 1. The lowest BCUT2D eigenvalue weighted by atomic mass is 10.1. The summed E-state index contributed by atoms with van der Waals surface area (Å²) in [5.74, 6) is 0.156. The number of halogens is 1. The second-order valence-electron chi connectivity index (χ2n) is 3.78. The Morgan fingerprint density at radius 1 is 1.35 bits per heavy atom. The fourth-order valence-electron chi connectivity index (χ4n) is 1.76. The lowest BCUT2D eigenvalue weighted by molar-refractivity contribution is 0.0924. The van der Waals surface area contributed by atoms with Gasteiger partial charge in [-0.3, -0.25) is 4.79 Å². The van der Waals surface area contributed by atoms with Crippen LogP contribution >= 0.6 is 11.6 Å². The molecule has 4 nitrogen and oxygen atoms in total. The Kier molecular flexibility index (Phi) is 2.90. The number of nitrogens with zero attached hydrogens (tertiary/aromatic N) is 2. The molecule has 0 aliphatic carbocycles. The van der Waals surface area contributed by atoms with E-state index in [4.69, 9.17) is 17.3 Å². The summed E-state index contributed by atoms with van der Waals surface area (Å²) >= 11 is 5.83. The van der Waals surface area contributed by atoms with E-state index in [9.17, 15) is 4.79 Å². The van der Waals surface area contributed by atoms with Gasteiger partial charge in [-0.2, -0.15) is 9.78 Å². The average Bonchev–Trinajstić information content (AvgIpc) is 2.56. The number of rotatable bonds is 1. The molecule has 0 radical (unpaired) electrons. The SMILES string of the molecule is CC(=O)n1nc(C)c(-c2ccc(Cl)cc2)c1N. The van der Waals surface area contributed by atoms with Crippen LogP contribution in [0.1, 0.15) is 17.4 Å². The first kappa shape index (κ1) is 11.7. The number of nitrogen functional groups attached to an aromatic ring is 1. The van der Waals surface area contributed by atoms with E-state index in [-0.39, 0.29) is 5.91 Å². The summed E-state index contributed by atoms with van der Waals surface area (Å²) in [6.07, 6.45) is 0. The first-order chi connectivity index (χ1) is 8.00. The van der Waals surface area contributed by atoms with Gasteiger partial charge < -0.3 is 5.73 Å². The fraction of sp³-hybridized carbons (Fsp3) is 0.167. The second-order valence-corrected chi connectivity index (χ2v) is 4.22. The molecule has 0 amide bonds. The van der Waals surface area contributed by atoms with Gasteiger partial charge in [0.05, 0.1) is 5.69 Å². The van der Waals surface area contributed by atoms with Crippen molar-refractivity contribution in [3.05, 3.63) is 35.0 Å². The number of aryl methyl sites for hydroxylation is 1. The van der Waals surface area contributed by atoms with Crippen LogP contribution < -0.4 is 5.73 Å². The van der Waals surface area contributed by atoms with E-state index in [1.54, 1.807) is 12.1 Å². The van der Waals surface area contributed by atoms with Crippen LogP contribution in [0.15, 0.2) is 24.3 Å². The van der Waals surface area contributed by atoms with Crippen LogP contribution in [0.5, 0.6) is 0 Å². The largest absolute Gasteiger partial charge is 0.383 e. The Morgan fingerprint density at radius 3 is 2.41 bits per heavy atom. The smallest absolute Gasteiger partial charge is 0.245 e. The minimum atomic E-state index is -0.203. The van der Waals surface area contributed by atoms with Crippen LogP contribution in [0.4, 0.5) is 5.82 Å². The minimum Gasteiger partial charge on any atom is -0.383 e. The first-order valence-corrected chi connectivity index (χ1v) is 5.50. The van der Waals surface area contributed by atoms with Gasteiger partial charge in [0.1, 0.15) is 5.82 Å². The third-order valence-electron chi connectivity index (χ3n) is 2.53. The number of carbonyl (C=O) groups is 1. The molecule has 1 heterocycles. The van der Waals surface area contributed by atoms with Crippen molar-refractivity contribution in [3.8, 4) is 11.1 Å².